The number of tetrazole rings is 1. The van der Waals surface area contributed by atoms with Crippen molar-refractivity contribution in [2.24, 2.45) is 14.1 Å². The summed E-state index contributed by atoms with van der Waals surface area (Å²) in [5.74, 6) is 0.884. The summed E-state index contributed by atoms with van der Waals surface area (Å²) in [6, 6.07) is 0. The lowest BCUT2D eigenvalue weighted by Gasteiger charge is -1.94. The van der Waals surface area contributed by atoms with E-state index in [0.29, 0.717) is 0 Å². The fraction of sp³-hybridized carbons (Fsp3) is 0.750. The van der Waals surface area contributed by atoms with Gasteiger partial charge in [-0.2, -0.15) is 0 Å². The van der Waals surface area contributed by atoms with Crippen molar-refractivity contribution in [3.8, 4) is 0 Å². The zero-order valence-corrected chi connectivity index (χ0v) is 7.88. The first-order valence-electron chi connectivity index (χ1n) is 3.56. The Balaban J connectivity index is 0.000000292. The molecule has 5 nitrogen and oxygen atoms in total. The van der Waals surface area contributed by atoms with Gasteiger partial charge in [-0.25, -0.2) is 0 Å². The van der Waals surface area contributed by atoms with Crippen LogP contribution in [0.15, 0.2) is 0 Å². The molecule has 1 rings (SSSR count). The Bertz CT molecular complexity index is 258. The van der Waals surface area contributed by atoms with Gasteiger partial charge in [0, 0.05) is 7.05 Å². The molecular weight excluding hydrogens is 205 g/mol. The van der Waals surface area contributed by atoms with E-state index in [1.807, 2.05) is 21.1 Å². The molecule has 0 radical (unpaired) electrons. The predicted octanol–water partition coefficient (Wildman–Crippen LogP) is -0.0187. The first-order valence-corrected chi connectivity index (χ1v) is 3.56. The second-order valence-electron chi connectivity index (χ2n) is 2.29. The predicted molar refractivity (Wildman–Crippen MR) is 41.9 cm³/mol. The second-order valence-corrected chi connectivity index (χ2v) is 2.29. The molecule has 14 heavy (non-hydrogen) atoms. The molecule has 1 aromatic heterocycles. The molecule has 0 aliphatic carbocycles. The average Bonchev–Trinajstić information content (AvgIpc) is 2.27. The van der Waals surface area contributed by atoms with Crippen LogP contribution in [-0.2, 0) is 14.1 Å². The van der Waals surface area contributed by atoms with Gasteiger partial charge in [-0.3, -0.25) is 5.32 Å². The number of anilines is 1. The number of aromatic nitrogens is 4. The monoisotopic (exact) mass is 215 g/mol. The number of nitrogens with zero attached hydrogens (tertiary/aromatic N) is 4. The van der Waals surface area contributed by atoms with Crippen molar-refractivity contribution in [3.05, 3.63) is 0 Å². The van der Waals surface area contributed by atoms with Crippen LogP contribution in [0.1, 0.15) is 0 Å². The molecule has 10 heteroatoms. The molecule has 1 aromatic rings. The quantitative estimate of drug-likeness (QED) is 0.406. The molecule has 0 aliphatic rings. The smallest absolute Gasteiger partial charge is 0.418 e. The minimum atomic E-state index is -6.00. The topological polar surface area (TPSA) is 46.6 Å². The Morgan fingerprint density at radius 2 is 1.79 bits per heavy atom. The summed E-state index contributed by atoms with van der Waals surface area (Å²) in [5.41, 5.74) is 0. The summed E-state index contributed by atoms with van der Waals surface area (Å²) in [7, 11) is -0.504. The van der Waals surface area contributed by atoms with Gasteiger partial charge in [0.2, 0.25) is 0 Å². The van der Waals surface area contributed by atoms with Gasteiger partial charge in [0.05, 0.1) is 19.3 Å². The maximum absolute atomic E-state index is 9.75. The lowest BCUT2D eigenvalue weighted by molar-refractivity contribution is -0.718. The van der Waals surface area contributed by atoms with Crippen LogP contribution in [0.3, 0.4) is 0 Å². The summed E-state index contributed by atoms with van der Waals surface area (Å²) in [6.07, 6.45) is 0. The molecule has 0 aliphatic heterocycles. The first kappa shape index (κ1) is 12.7. The second kappa shape index (κ2) is 4.77. The van der Waals surface area contributed by atoms with E-state index in [1.54, 1.807) is 9.36 Å². The number of hydrogen-bond donors (Lipinski definition) is 1. The van der Waals surface area contributed by atoms with Crippen molar-refractivity contribution in [3.63, 3.8) is 0 Å². The molecule has 0 saturated carbocycles. The van der Waals surface area contributed by atoms with E-state index in [-0.39, 0.29) is 0 Å². The Morgan fingerprint density at radius 1 is 1.36 bits per heavy atom. The van der Waals surface area contributed by atoms with Crippen LogP contribution in [0.25, 0.3) is 0 Å². The summed E-state index contributed by atoms with van der Waals surface area (Å²) < 4.78 is 42.3. The molecule has 0 saturated heterocycles. The minimum absolute atomic E-state index is 0.884. The van der Waals surface area contributed by atoms with Gasteiger partial charge in [-0.05, 0) is 0 Å². The molecule has 0 spiro atoms. The SMILES string of the molecule is CNc1n(C)nn[n+]1C.F[B-](F)(F)F. The van der Waals surface area contributed by atoms with Gasteiger partial charge < -0.3 is 17.3 Å². The van der Waals surface area contributed by atoms with Crippen LogP contribution in [0, 0.1) is 0 Å². The number of aryl methyl sites for hydroxylation is 2. The van der Waals surface area contributed by atoms with Crippen LogP contribution in [0.4, 0.5) is 23.2 Å². The van der Waals surface area contributed by atoms with Gasteiger partial charge in [0.25, 0.3) is 0 Å². The zero-order chi connectivity index (χ0) is 11.4. The molecule has 1 heterocycles. The number of rotatable bonds is 1. The third-order valence-corrected chi connectivity index (χ3v) is 1.14. The van der Waals surface area contributed by atoms with Crippen LogP contribution >= 0.6 is 0 Å². The lowest BCUT2D eigenvalue weighted by atomic mass is 10.3. The maximum atomic E-state index is 9.75. The zero-order valence-electron chi connectivity index (χ0n) is 7.88. The van der Waals surface area contributed by atoms with Gasteiger partial charge in [0.15, 0.2) is 0 Å². The first-order chi connectivity index (χ1) is 6.25. The van der Waals surface area contributed by atoms with Gasteiger partial charge in [-0.1, -0.05) is 4.68 Å². The minimum Gasteiger partial charge on any atom is -0.418 e. The Hall–Kier alpha value is -1.35. The van der Waals surface area contributed by atoms with E-state index in [4.69, 9.17) is 0 Å². The van der Waals surface area contributed by atoms with E-state index in [2.05, 4.69) is 15.7 Å². The molecule has 0 atom stereocenters. The molecule has 0 bridgehead atoms. The van der Waals surface area contributed by atoms with Crippen LogP contribution in [0.2, 0.25) is 0 Å². The van der Waals surface area contributed by atoms with Crippen LogP contribution in [0.5, 0.6) is 0 Å². The Morgan fingerprint density at radius 3 is 1.93 bits per heavy atom. The normalized spacial score (nSPS) is 10.5. The largest absolute Gasteiger partial charge is 0.673 e. The molecular formula is C4H10BF4N5. The Labute approximate surface area is 77.8 Å². The van der Waals surface area contributed by atoms with Crippen molar-refractivity contribution in [2.45, 2.75) is 0 Å². The van der Waals surface area contributed by atoms with Crippen LogP contribution in [-0.4, -0.2) is 29.4 Å². The number of hydrogen-bond acceptors (Lipinski definition) is 3. The standard InChI is InChI=1S/C4H9N5.BF4/c1-5-4-8(2)6-7-9(4)3;2-1(3,4)5/h1-3H3;/q;-1/p+1. The Kier molecular flexibility index (Phi) is 4.31. The van der Waals surface area contributed by atoms with Gasteiger partial charge in [-0.15, -0.1) is 4.68 Å². The van der Waals surface area contributed by atoms with E-state index >= 15 is 0 Å². The highest BCUT2D eigenvalue weighted by Crippen LogP contribution is 2.06. The summed E-state index contributed by atoms with van der Waals surface area (Å²) >= 11 is 0. The highest BCUT2D eigenvalue weighted by molar-refractivity contribution is 6.50. The number of halogens is 4. The summed E-state index contributed by atoms with van der Waals surface area (Å²) in [6.45, 7) is 0. The molecule has 82 valence electrons. The summed E-state index contributed by atoms with van der Waals surface area (Å²) in [4.78, 5) is 0. The molecule has 0 aromatic carbocycles. The molecule has 0 amide bonds. The highest BCUT2D eigenvalue weighted by atomic mass is 19.5. The van der Waals surface area contributed by atoms with E-state index in [9.17, 15) is 17.3 Å². The van der Waals surface area contributed by atoms with E-state index < -0.39 is 7.25 Å². The molecule has 1 N–H and O–H groups in total. The summed E-state index contributed by atoms with van der Waals surface area (Å²) in [5, 5.41) is 10.5. The van der Waals surface area contributed by atoms with Crippen molar-refractivity contribution in [1.29, 1.82) is 0 Å². The van der Waals surface area contributed by atoms with Gasteiger partial charge in [0.1, 0.15) is 5.21 Å². The molecule has 0 unspecified atom stereocenters. The van der Waals surface area contributed by atoms with Crippen molar-refractivity contribution in [1.82, 2.24) is 15.1 Å². The van der Waals surface area contributed by atoms with Crippen molar-refractivity contribution < 1.29 is 21.9 Å². The van der Waals surface area contributed by atoms with E-state index in [1.165, 1.54) is 0 Å². The van der Waals surface area contributed by atoms with Crippen molar-refractivity contribution >= 4 is 13.2 Å². The highest BCUT2D eigenvalue weighted by Gasteiger charge is 2.20. The third kappa shape index (κ3) is 5.33. The number of nitrogens with one attached hydrogen (secondary N) is 1. The molecule has 0 fully saturated rings. The van der Waals surface area contributed by atoms with Crippen LogP contribution < -0.4 is 10.00 Å². The lowest BCUT2D eigenvalue weighted by Crippen LogP contribution is -2.33. The fourth-order valence-corrected chi connectivity index (χ4v) is 0.738. The van der Waals surface area contributed by atoms with Crippen molar-refractivity contribution in [2.75, 3.05) is 12.4 Å². The fourth-order valence-electron chi connectivity index (χ4n) is 0.738. The maximum Gasteiger partial charge on any atom is 0.673 e. The third-order valence-electron chi connectivity index (χ3n) is 1.14. The average molecular weight is 215 g/mol. The van der Waals surface area contributed by atoms with E-state index in [0.717, 1.165) is 5.95 Å². The van der Waals surface area contributed by atoms with Gasteiger partial charge >= 0.3 is 13.2 Å².